The van der Waals surface area contributed by atoms with Gasteiger partial charge < -0.3 is 4.42 Å². The lowest BCUT2D eigenvalue weighted by atomic mass is 10.00. The molecule has 7 aromatic rings. The highest BCUT2D eigenvalue weighted by Gasteiger charge is 2.22. The minimum Gasteiger partial charge on any atom is -0.455 e. The summed E-state index contributed by atoms with van der Waals surface area (Å²) < 4.78 is 7.63. The van der Waals surface area contributed by atoms with E-state index in [1.165, 1.54) is 11.3 Å². The number of ketones is 1. The van der Waals surface area contributed by atoms with E-state index in [-0.39, 0.29) is 5.78 Å². The number of para-hydroxylation sites is 2. The molecule has 1 N–H and O–H groups in total. The first-order valence-electron chi connectivity index (χ1n) is 13.1. The molecule has 8 heteroatoms. The van der Waals surface area contributed by atoms with E-state index in [0.29, 0.717) is 39.1 Å². The van der Waals surface area contributed by atoms with Gasteiger partial charge in [0.15, 0.2) is 11.5 Å². The van der Waals surface area contributed by atoms with E-state index in [9.17, 15) is 4.79 Å². The molecule has 0 radical (unpaired) electrons. The fourth-order valence-corrected chi connectivity index (χ4v) is 5.35. The lowest BCUT2D eigenvalue weighted by Gasteiger charge is -2.03. The Bertz CT molecular complexity index is 2040. The van der Waals surface area contributed by atoms with E-state index in [1.54, 1.807) is 10.9 Å². The first kappa shape index (κ1) is 24.7. The van der Waals surface area contributed by atoms with Crippen LogP contribution in [-0.2, 0) is 0 Å². The summed E-state index contributed by atoms with van der Waals surface area (Å²) in [6.07, 6.45) is 1.78. The Hall–Kier alpha value is -5.34. The topological polar surface area (TPSA) is 85.3 Å². The molecule has 7 nitrogen and oxygen atoms in total. The third-order valence-electron chi connectivity index (χ3n) is 6.84. The van der Waals surface area contributed by atoms with Crippen LogP contribution >= 0.6 is 11.3 Å². The fourth-order valence-electron chi connectivity index (χ4n) is 4.71. The zero-order valence-electron chi connectivity index (χ0n) is 22.0. The van der Waals surface area contributed by atoms with Crippen molar-refractivity contribution in [2.75, 3.05) is 5.43 Å². The molecular weight excluding hydrogens is 530 g/mol. The molecule has 3 heterocycles. The van der Waals surface area contributed by atoms with Gasteiger partial charge >= 0.3 is 0 Å². The van der Waals surface area contributed by atoms with Crippen molar-refractivity contribution in [2.45, 2.75) is 6.92 Å². The molecule has 0 saturated heterocycles. The van der Waals surface area contributed by atoms with Crippen LogP contribution in [0.1, 0.15) is 28.6 Å². The summed E-state index contributed by atoms with van der Waals surface area (Å²) in [6, 6.07) is 33.3. The van der Waals surface area contributed by atoms with Crippen LogP contribution in [0.4, 0.5) is 5.13 Å². The number of fused-ring (bicyclic) bond motifs is 2. The van der Waals surface area contributed by atoms with Gasteiger partial charge in [0.1, 0.15) is 22.7 Å². The van der Waals surface area contributed by atoms with Crippen molar-refractivity contribution in [3.05, 3.63) is 132 Å². The van der Waals surface area contributed by atoms with Crippen LogP contribution in [0.2, 0.25) is 0 Å². The van der Waals surface area contributed by atoms with Gasteiger partial charge in [0.05, 0.1) is 11.3 Å². The van der Waals surface area contributed by atoms with Gasteiger partial charge in [-0.15, -0.1) is 11.3 Å². The number of thiazole rings is 1. The number of rotatable bonds is 7. The lowest BCUT2D eigenvalue weighted by Crippen LogP contribution is -2.02. The van der Waals surface area contributed by atoms with Crippen molar-refractivity contribution < 1.29 is 9.21 Å². The molecule has 0 fully saturated rings. The van der Waals surface area contributed by atoms with Gasteiger partial charge in [0, 0.05) is 22.5 Å². The van der Waals surface area contributed by atoms with Crippen molar-refractivity contribution in [3.63, 3.8) is 0 Å². The van der Waals surface area contributed by atoms with Gasteiger partial charge in [0.25, 0.3) is 0 Å². The summed E-state index contributed by atoms with van der Waals surface area (Å²) >= 11 is 1.39. The first-order chi connectivity index (χ1) is 20.1. The van der Waals surface area contributed by atoms with Crippen LogP contribution < -0.4 is 5.43 Å². The molecule has 0 unspecified atom stereocenters. The summed E-state index contributed by atoms with van der Waals surface area (Å²) in [5, 5.41) is 14.8. The fraction of sp³-hybridized carbons (Fsp3) is 0.0303. The molecular formula is C33H23N5O2S. The standard InChI is InChI=1S/C33H23N5O2S/c1-21(30-18-24-11-7-8-14-29(24)40-30)35-36-33-34-28(20-41-33)31-27(19-38(37-31)26-12-3-2-4-13-26)32(39)25-16-15-22-9-5-6-10-23(22)17-25/h2-20H,1H3,(H,34,36). The molecule has 3 aromatic heterocycles. The quantitative estimate of drug-likeness (QED) is 0.123. The van der Waals surface area contributed by atoms with Crippen LogP contribution in [0, 0.1) is 0 Å². The van der Waals surface area contributed by atoms with E-state index < -0.39 is 0 Å². The number of hydrazone groups is 1. The summed E-state index contributed by atoms with van der Waals surface area (Å²) in [4.78, 5) is 18.6. The molecule has 7 rings (SSSR count). The number of furan rings is 1. The molecule has 0 bridgehead atoms. The van der Waals surface area contributed by atoms with Gasteiger partial charge in [-0.25, -0.2) is 9.67 Å². The van der Waals surface area contributed by atoms with E-state index in [0.717, 1.165) is 27.4 Å². The number of nitrogens with zero attached hydrogens (tertiary/aromatic N) is 4. The maximum Gasteiger partial charge on any atom is 0.203 e. The van der Waals surface area contributed by atoms with Crippen LogP contribution in [0.3, 0.4) is 0 Å². The highest BCUT2D eigenvalue weighted by molar-refractivity contribution is 7.14. The van der Waals surface area contributed by atoms with Crippen molar-refractivity contribution in [3.8, 4) is 17.1 Å². The third kappa shape index (κ3) is 4.81. The van der Waals surface area contributed by atoms with Crippen LogP contribution in [0.5, 0.6) is 0 Å². The second-order valence-corrected chi connectivity index (χ2v) is 10.4. The minimum atomic E-state index is -0.116. The zero-order valence-corrected chi connectivity index (χ0v) is 22.8. The number of hydrogen-bond donors (Lipinski definition) is 1. The average Bonchev–Trinajstić information content (AvgIpc) is 3.78. The normalized spacial score (nSPS) is 11.8. The van der Waals surface area contributed by atoms with Crippen LogP contribution in [0.25, 0.3) is 38.8 Å². The minimum absolute atomic E-state index is 0.116. The van der Waals surface area contributed by atoms with Crippen LogP contribution in [0.15, 0.2) is 124 Å². The largest absolute Gasteiger partial charge is 0.455 e. The Balaban J connectivity index is 1.22. The van der Waals surface area contributed by atoms with Crippen molar-refractivity contribution >= 4 is 49.7 Å². The smallest absolute Gasteiger partial charge is 0.203 e. The second-order valence-electron chi connectivity index (χ2n) is 9.56. The summed E-state index contributed by atoms with van der Waals surface area (Å²) in [6.45, 7) is 1.88. The molecule has 198 valence electrons. The van der Waals surface area contributed by atoms with Crippen LogP contribution in [-0.4, -0.2) is 26.3 Å². The number of anilines is 1. The summed E-state index contributed by atoms with van der Waals surface area (Å²) in [7, 11) is 0. The number of benzene rings is 4. The SMILES string of the molecule is CC(=NNc1nc(-c2nn(-c3ccccc3)cc2C(=O)c2ccc3ccccc3c2)cs1)c1cc2ccccc2o1. The number of nitrogens with one attached hydrogen (secondary N) is 1. The van der Waals surface area contributed by atoms with Crippen molar-refractivity contribution in [2.24, 2.45) is 5.10 Å². The number of carbonyl (C=O) groups is 1. The molecule has 41 heavy (non-hydrogen) atoms. The van der Waals surface area contributed by atoms with E-state index in [4.69, 9.17) is 14.5 Å². The Morgan fingerprint density at radius 1 is 0.878 bits per heavy atom. The van der Waals surface area contributed by atoms with Gasteiger partial charge in [-0.3, -0.25) is 10.2 Å². The van der Waals surface area contributed by atoms with Crippen molar-refractivity contribution in [1.82, 2.24) is 14.8 Å². The highest BCUT2D eigenvalue weighted by Crippen LogP contribution is 2.30. The third-order valence-corrected chi connectivity index (χ3v) is 7.59. The average molecular weight is 554 g/mol. The number of aromatic nitrogens is 3. The number of carbonyl (C=O) groups excluding carboxylic acids is 1. The highest BCUT2D eigenvalue weighted by atomic mass is 32.1. The van der Waals surface area contributed by atoms with E-state index in [2.05, 4.69) is 10.5 Å². The predicted molar refractivity (Wildman–Crippen MR) is 164 cm³/mol. The van der Waals surface area contributed by atoms with Gasteiger partial charge in [0.2, 0.25) is 5.13 Å². The summed E-state index contributed by atoms with van der Waals surface area (Å²) in [5.41, 5.74) is 7.56. The Labute approximate surface area is 239 Å². The molecule has 0 aliphatic heterocycles. The van der Waals surface area contributed by atoms with Gasteiger partial charge in [-0.1, -0.05) is 72.8 Å². The zero-order chi connectivity index (χ0) is 27.8. The second kappa shape index (κ2) is 10.3. The number of hydrogen-bond acceptors (Lipinski definition) is 7. The molecule has 0 saturated carbocycles. The Morgan fingerprint density at radius 3 is 2.46 bits per heavy atom. The molecule has 0 aliphatic rings. The lowest BCUT2D eigenvalue weighted by molar-refractivity contribution is 0.103. The maximum atomic E-state index is 13.9. The Kier molecular flexibility index (Phi) is 6.22. The summed E-state index contributed by atoms with van der Waals surface area (Å²) in [5.74, 6) is 0.564. The Morgan fingerprint density at radius 2 is 1.63 bits per heavy atom. The molecule has 0 atom stereocenters. The maximum absolute atomic E-state index is 13.9. The predicted octanol–water partition coefficient (Wildman–Crippen LogP) is 7.96. The van der Waals surface area contributed by atoms with E-state index in [1.807, 2.05) is 115 Å². The van der Waals surface area contributed by atoms with Gasteiger partial charge in [-0.05, 0) is 48.0 Å². The van der Waals surface area contributed by atoms with Crippen molar-refractivity contribution in [1.29, 1.82) is 0 Å². The molecule has 0 spiro atoms. The molecule has 0 aliphatic carbocycles. The van der Waals surface area contributed by atoms with Gasteiger partial charge in [-0.2, -0.15) is 10.2 Å². The molecule has 0 amide bonds. The monoisotopic (exact) mass is 553 g/mol. The van der Waals surface area contributed by atoms with E-state index >= 15 is 0 Å². The molecule has 4 aromatic carbocycles. The first-order valence-corrected chi connectivity index (χ1v) is 13.9.